The zero-order chi connectivity index (χ0) is 19.3. The molecular weight excluding hydrogens is 356 g/mol. The van der Waals surface area contributed by atoms with Crippen LogP contribution in [-0.2, 0) is 21.4 Å². The minimum Gasteiger partial charge on any atom is -0.355 e. The van der Waals surface area contributed by atoms with Gasteiger partial charge in [-0.1, -0.05) is 55.5 Å². The van der Waals surface area contributed by atoms with Crippen LogP contribution in [0.1, 0.15) is 24.5 Å². The Morgan fingerprint density at radius 1 is 1.11 bits per heavy atom. The van der Waals surface area contributed by atoms with Crippen molar-refractivity contribution in [1.29, 1.82) is 0 Å². The van der Waals surface area contributed by atoms with E-state index in [0.717, 1.165) is 28.3 Å². The van der Waals surface area contributed by atoms with E-state index >= 15 is 0 Å². The number of anilines is 1. The maximum absolute atomic E-state index is 13.3. The minimum absolute atomic E-state index is 0.00867. The molecule has 0 saturated heterocycles. The Kier molecular flexibility index (Phi) is 6.22. The number of para-hydroxylation sites is 1. The van der Waals surface area contributed by atoms with Crippen LogP contribution in [0.5, 0.6) is 0 Å². The van der Waals surface area contributed by atoms with Crippen LogP contribution in [0.2, 0.25) is 0 Å². The zero-order valence-electron chi connectivity index (χ0n) is 15.9. The van der Waals surface area contributed by atoms with Gasteiger partial charge in [-0.2, -0.15) is 11.8 Å². The van der Waals surface area contributed by atoms with Gasteiger partial charge in [0.25, 0.3) is 0 Å². The Hall–Kier alpha value is -2.27. The number of hydrogen-bond donors (Lipinski definition) is 1. The predicted molar refractivity (Wildman–Crippen MR) is 112 cm³/mol. The molecule has 3 rings (SSSR count). The molecule has 1 N–H and O–H groups in total. The number of nitrogens with zero attached hydrogens (tertiary/aromatic N) is 1. The molecule has 0 saturated carbocycles. The summed E-state index contributed by atoms with van der Waals surface area (Å²) in [6.07, 6.45) is 0.685. The lowest BCUT2D eigenvalue weighted by atomic mass is 9.73. The molecule has 1 aliphatic rings. The third kappa shape index (κ3) is 4.03. The number of carbonyl (C=O) groups excluding carboxylic acids is 2. The van der Waals surface area contributed by atoms with Crippen LogP contribution in [0.25, 0.3) is 0 Å². The van der Waals surface area contributed by atoms with Crippen LogP contribution in [0.15, 0.2) is 54.6 Å². The van der Waals surface area contributed by atoms with Crippen LogP contribution in [0.3, 0.4) is 0 Å². The number of fused-ring (bicyclic) bond motifs is 1. The highest BCUT2D eigenvalue weighted by molar-refractivity contribution is 7.99. The molecule has 5 heteroatoms. The lowest BCUT2D eigenvalue weighted by Gasteiger charge is -2.28. The van der Waals surface area contributed by atoms with Crippen LogP contribution in [-0.4, -0.2) is 36.9 Å². The van der Waals surface area contributed by atoms with E-state index in [-0.39, 0.29) is 18.2 Å². The van der Waals surface area contributed by atoms with Crippen molar-refractivity contribution < 1.29 is 9.59 Å². The zero-order valence-corrected chi connectivity index (χ0v) is 16.7. The maximum Gasteiger partial charge on any atom is 0.238 e. The van der Waals surface area contributed by atoms with Crippen molar-refractivity contribution in [3.63, 3.8) is 0 Å². The van der Waals surface area contributed by atoms with Gasteiger partial charge in [0.15, 0.2) is 0 Å². The van der Waals surface area contributed by atoms with Crippen LogP contribution in [0.4, 0.5) is 5.69 Å². The number of benzene rings is 2. The normalized spacial score (nSPS) is 18.4. The number of amides is 2. The van der Waals surface area contributed by atoms with Crippen molar-refractivity contribution >= 4 is 29.3 Å². The number of carbonyl (C=O) groups is 2. The SMILES string of the molecule is CCSCCNC(=O)CC1(Cc2ccccc2)C(=O)N(C)c2ccccc21. The molecule has 1 atom stereocenters. The molecule has 0 spiro atoms. The molecule has 0 fully saturated rings. The lowest BCUT2D eigenvalue weighted by Crippen LogP contribution is -2.44. The third-order valence-electron chi connectivity index (χ3n) is 5.08. The number of nitrogens with one attached hydrogen (secondary N) is 1. The smallest absolute Gasteiger partial charge is 0.238 e. The van der Waals surface area contributed by atoms with Gasteiger partial charge in [-0.15, -0.1) is 0 Å². The molecule has 0 aromatic heterocycles. The highest BCUT2D eigenvalue weighted by Crippen LogP contribution is 2.45. The van der Waals surface area contributed by atoms with Gasteiger partial charge in [0, 0.05) is 31.5 Å². The first kappa shape index (κ1) is 19.5. The molecule has 27 heavy (non-hydrogen) atoms. The molecule has 2 aromatic carbocycles. The standard InChI is InChI=1S/C22H26N2O2S/c1-3-27-14-13-23-20(25)16-22(15-17-9-5-4-6-10-17)18-11-7-8-12-19(18)24(2)21(22)26/h4-12H,3,13-16H2,1-2H3,(H,23,25). The average Bonchev–Trinajstić information content (AvgIpc) is 2.89. The largest absolute Gasteiger partial charge is 0.355 e. The summed E-state index contributed by atoms with van der Waals surface area (Å²) in [6.45, 7) is 2.73. The Bertz CT molecular complexity index is 809. The molecule has 1 aliphatic heterocycles. The molecule has 2 amide bonds. The second-order valence-corrected chi connectivity index (χ2v) is 8.24. The van der Waals surface area contributed by atoms with Crippen molar-refractivity contribution in [2.45, 2.75) is 25.2 Å². The van der Waals surface area contributed by atoms with E-state index in [1.807, 2.05) is 54.6 Å². The second kappa shape index (κ2) is 8.61. The summed E-state index contributed by atoms with van der Waals surface area (Å²) in [4.78, 5) is 27.8. The number of hydrogen-bond acceptors (Lipinski definition) is 3. The first-order chi connectivity index (χ1) is 13.1. The fourth-order valence-electron chi connectivity index (χ4n) is 3.81. The van der Waals surface area contributed by atoms with E-state index in [1.54, 1.807) is 23.7 Å². The summed E-state index contributed by atoms with van der Waals surface area (Å²) in [5.41, 5.74) is 2.05. The molecule has 1 unspecified atom stereocenters. The van der Waals surface area contributed by atoms with Gasteiger partial charge in [-0.25, -0.2) is 0 Å². The van der Waals surface area contributed by atoms with Gasteiger partial charge in [0.1, 0.15) is 0 Å². The van der Waals surface area contributed by atoms with Gasteiger partial charge in [-0.3, -0.25) is 9.59 Å². The summed E-state index contributed by atoms with van der Waals surface area (Å²) in [5, 5.41) is 2.99. The van der Waals surface area contributed by atoms with Crippen molar-refractivity contribution in [3.05, 3.63) is 65.7 Å². The highest BCUT2D eigenvalue weighted by atomic mass is 32.2. The lowest BCUT2D eigenvalue weighted by molar-refractivity contribution is -0.129. The fourth-order valence-corrected chi connectivity index (χ4v) is 4.34. The van der Waals surface area contributed by atoms with Gasteiger partial charge < -0.3 is 10.2 Å². The highest BCUT2D eigenvalue weighted by Gasteiger charge is 2.50. The Balaban J connectivity index is 1.91. The topological polar surface area (TPSA) is 49.4 Å². The van der Waals surface area contributed by atoms with Gasteiger partial charge in [0.2, 0.25) is 11.8 Å². The maximum atomic E-state index is 13.3. The summed E-state index contributed by atoms with van der Waals surface area (Å²) >= 11 is 1.79. The van der Waals surface area contributed by atoms with Crippen molar-refractivity contribution in [3.8, 4) is 0 Å². The summed E-state index contributed by atoms with van der Waals surface area (Å²) in [5.74, 6) is 1.84. The fraction of sp³-hybridized carbons (Fsp3) is 0.364. The molecule has 0 bridgehead atoms. The Morgan fingerprint density at radius 2 is 1.81 bits per heavy atom. The van der Waals surface area contributed by atoms with Gasteiger partial charge in [0.05, 0.1) is 5.41 Å². The van der Waals surface area contributed by atoms with Crippen molar-refractivity contribution in [2.24, 2.45) is 0 Å². The molecular formula is C22H26N2O2S. The monoisotopic (exact) mass is 382 g/mol. The Morgan fingerprint density at radius 3 is 2.56 bits per heavy atom. The first-order valence-electron chi connectivity index (χ1n) is 9.34. The molecule has 1 heterocycles. The minimum atomic E-state index is -0.853. The van der Waals surface area contributed by atoms with E-state index in [9.17, 15) is 9.59 Å². The van der Waals surface area contributed by atoms with Gasteiger partial charge >= 0.3 is 0 Å². The van der Waals surface area contributed by atoms with E-state index in [0.29, 0.717) is 13.0 Å². The average molecular weight is 383 g/mol. The van der Waals surface area contributed by atoms with Crippen LogP contribution < -0.4 is 10.2 Å². The van der Waals surface area contributed by atoms with Crippen molar-refractivity contribution in [2.75, 3.05) is 30.0 Å². The van der Waals surface area contributed by atoms with E-state index in [4.69, 9.17) is 0 Å². The molecule has 142 valence electrons. The van der Waals surface area contributed by atoms with E-state index < -0.39 is 5.41 Å². The van der Waals surface area contributed by atoms with Crippen LogP contribution in [0, 0.1) is 0 Å². The first-order valence-corrected chi connectivity index (χ1v) is 10.5. The quantitative estimate of drug-likeness (QED) is 0.712. The van der Waals surface area contributed by atoms with E-state index in [2.05, 4.69) is 12.2 Å². The summed E-state index contributed by atoms with van der Waals surface area (Å²) in [6, 6.07) is 17.8. The van der Waals surface area contributed by atoms with Crippen LogP contribution >= 0.6 is 11.8 Å². The van der Waals surface area contributed by atoms with Crippen molar-refractivity contribution in [1.82, 2.24) is 5.32 Å². The number of thioether (sulfide) groups is 1. The number of rotatable bonds is 8. The summed E-state index contributed by atoms with van der Waals surface area (Å²) < 4.78 is 0. The Labute approximate surface area is 165 Å². The third-order valence-corrected chi connectivity index (χ3v) is 5.98. The molecule has 0 aliphatic carbocycles. The predicted octanol–water partition coefficient (Wildman–Crippen LogP) is 3.40. The second-order valence-electron chi connectivity index (χ2n) is 6.85. The molecule has 0 radical (unpaired) electrons. The summed E-state index contributed by atoms with van der Waals surface area (Å²) in [7, 11) is 1.80. The number of likely N-dealkylation sites (N-methyl/N-ethyl adjacent to an activating group) is 1. The van der Waals surface area contributed by atoms with E-state index in [1.165, 1.54) is 0 Å². The molecule has 2 aromatic rings. The molecule has 4 nitrogen and oxygen atoms in total. The van der Waals surface area contributed by atoms with Gasteiger partial charge in [-0.05, 0) is 29.4 Å².